The Morgan fingerprint density at radius 3 is 2.76 bits per heavy atom. The van der Waals surface area contributed by atoms with Crippen molar-refractivity contribution in [1.82, 2.24) is 5.32 Å². The molecule has 0 saturated heterocycles. The van der Waals surface area contributed by atoms with Crippen LogP contribution in [0.5, 0.6) is 0 Å². The number of anilines is 2. The van der Waals surface area contributed by atoms with Gasteiger partial charge in [0.1, 0.15) is 0 Å². The zero-order chi connectivity index (χ0) is 17.8. The van der Waals surface area contributed by atoms with Gasteiger partial charge in [0.05, 0.1) is 6.54 Å². The number of amides is 2. The first kappa shape index (κ1) is 17.0. The number of para-hydroxylation sites is 1. The van der Waals surface area contributed by atoms with E-state index in [1.807, 2.05) is 19.1 Å². The molecule has 1 aliphatic heterocycles. The lowest BCUT2D eigenvalue weighted by atomic mass is 10.1. The van der Waals surface area contributed by atoms with Crippen LogP contribution >= 0.6 is 0 Å². The number of nitrogens with zero attached hydrogens (tertiary/aromatic N) is 1. The Morgan fingerprint density at radius 2 is 1.96 bits per heavy atom. The second-order valence-electron chi connectivity index (χ2n) is 6.30. The smallest absolute Gasteiger partial charge is 0.251 e. The van der Waals surface area contributed by atoms with E-state index in [2.05, 4.69) is 34.6 Å². The highest BCUT2D eigenvalue weighted by Crippen LogP contribution is 2.31. The van der Waals surface area contributed by atoms with Crippen molar-refractivity contribution in [2.45, 2.75) is 26.3 Å². The molecule has 0 radical (unpaired) electrons. The van der Waals surface area contributed by atoms with Crippen molar-refractivity contribution in [3.63, 3.8) is 0 Å². The zero-order valence-electron chi connectivity index (χ0n) is 14.6. The van der Waals surface area contributed by atoms with E-state index >= 15 is 0 Å². The Labute approximate surface area is 148 Å². The summed E-state index contributed by atoms with van der Waals surface area (Å²) in [5.74, 6) is -0.225. The van der Waals surface area contributed by atoms with Crippen LogP contribution in [0.1, 0.15) is 29.8 Å². The Bertz CT molecular complexity index is 788. The SMILES string of the molecule is CCNC(=O)c1cccc(NC(=O)CN2c3ccccc3C[C@@H]2C)c1. The molecule has 0 aliphatic carbocycles. The van der Waals surface area contributed by atoms with Crippen LogP contribution in [0, 0.1) is 0 Å². The Hall–Kier alpha value is -2.82. The van der Waals surface area contributed by atoms with Crippen LogP contribution in [0.25, 0.3) is 0 Å². The Balaban J connectivity index is 1.67. The van der Waals surface area contributed by atoms with Gasteiger partial charge in [-0.3, -0.25) is 9.59 Å². The van der Waals surface area contributed by atoms with Crippen LogP contribution in [0.15, 0.2) is 48.5 Å². The van der Waals surface area contributed by atoms with E-state index in [-0.39, 0.29) is 11.8 Å². The van der Waals surface area contributed by atoms with Gasteiger partial charge in [0.15, 0.2) is 0 Å². The van der Waals surface area contributed by atoms with Crippen molar-refractivity contribution in [2.24, 2.45) is 0 Å². The molecule has 2 amide bonds. The number of carbonyl (C=O) groups is 2. The summed E-state index contributed by atoms with van der Waals surface area (Å²) in [6, 6.07) is 15.5. The van der Waals surface area contributed by atoms with E-state index in [1.54, 1.807) is 24.3 Å². The maximum Gasteiger partial charge on any atom is 0.251 e. The lowest BCUT2D eigenvalue weighted by Gasteiger charge is -2.24. The molecule has 0 bridgehead atoms. The maximum atomic E-state index is 12.5. The number of hydrogen-bond acceptors (Lipinski definition) is 3. The fourth-order valence-corrected chi connectivity index (χ4v) is 3.23. The Kier molecular flexibility index (Phi) is 5.03. The monoisotopic (exact) mass is 337 g/mol. The average Bonchev–Trinajstić information content (AvgIpc) is 2.91. The molecule has 5 heteroatoms. The fraction of sp³-hybridized carbons (Fsp3) is 0.300. The molecule has 0 spiro atoms. The molecule has 0 fully saturated rings. The highest BCUT2D eigenvalue weighted by Gasteiger charge is 2.27. The van der Waals surface area contributed by atoms with Gasteiger partial charge in [-0.05, 0) is 50.1 Å². The van der Waals surface area contributed by atoms with Gasteiger partial charge in [-0.2, -0.15) is 0 Å². The first-order chi connectivity index (χ1) is 12.1. The van der Waals surface area contributed by atoms with E-state index in [1.165, 1.54) is 5.56 Å². The maximum absolute atomic E-state index is 12.5. The number of rotatable bonds is 5. The van der Waals surface area contributed by atoms with Crippen LogP contribution in [-0.2, 0) is 11.2 Å². The van der Waals surface area contributed by atoms with E-state index < -0.39 is 0 Å². The lowest BCUT2D eigenvalue weighted by molar-refractivity contribution is -0.115. The summed E-state index contributed by atoms with van der Waals surface area (Å²) < 4.78 is 0. The number of fused-ring (bicyclic) bond motifs is 1. The van der Waals surface area contributed by atoms with Gasteiger partial charge in [-0.15, -0.1) is 0 Å². The number of nitrogens with one attached hydrogen (secondary N) is 2. The summed E-state index contributed by atoms with van der Waals surface area (Å²) in [5, 5.41) is 5.65. The number of benzene rings is 2. The van der Waals surface area contributed by atoms with Gasteiger partial charge in [-0.1, -0.05) is 24.3 Å². The second kappa shape index (κ2) is 7.38. The summed E-state index contributed by atoms with van der Waals surface area (Å²) in [6.45, 7) is 4.87. The molecule has 2 N–H and O–H groups in total. The van der Waals surface area contributed by atoms with Crippen molar-refractivity contribution in [1.29, 1.82) is 0 Å². The fourth-order valence-electron chi connectivity index (χ4n) is 3.23. The third-order valence-corrected chi connectivity index (χ3v) is 4.41. The zero-order valence-corrected chi connectivity index (χ0v) is 14.6. The van der Waals surface area contributed by atoms with Crippen molar-refractivity contribution in [2.75, 3.05) is 23.3 Å². The normalized spacial score (nSPS) is 15.6. The minimum Gasteiger partial charge on any atom is -0.359 e. The van der Waals surface area contributed by atoms with Gasteiger partial charge in [0.25, 0.3) is 5.91 Å². The van der Waals surface area contributed by atoms with Gasteiger partial charge < -0.3 is 15.5 Å². The molecule has 1 aliphatic rings. The molecular weight excluding hydrogens is 314 g/mol. The van der Waals surface area contributed by atoms with Crippen LogP contribution in [0.2, 0.25) is 0 Å². The van der Waals surface area contributed by atoms with E-state index in [9.17, 15) is 9.59 Å². The number of hydrogen-bond donors (Lipinski definition) is 2. The molecule has 0 unspecified atom stereocenters. The van der Waals surface area contributed by atoms with Crippen LogP contribution in [0.3, 0.4) is 0 Å². The lowest BCUT2D eigenvalue weighted by Crippen LogP contribution is -2.37. The highest BCUT2D eigenvalue weighted by atomic mass is 16.2. The molecule has 0 saturated carbocycles. The minimum atomic E-state index is -0.138. The molecule has 0 aromatic heterocycles. The Morgan fingerprint density at radius 1 is 1.16 bits per heavy atom. The van der Waals surface area contributed by atoms with Gasteiger partial charge in [0, 0.05) is 29.5 Å². The first-order valence-corrected chi connectivity index (χ1v) is 8.61. The summed E-state index contributed by atoms with van der Waals surface area (Å²) in [6.07, 6.45) is 0.954. The largest absolute Gasteiger partial charge is 0.359 e. The third kappa shape index (κ3) is 3.82. The van der Waals surface area contributed by atoms with Gasteiger partial charge >= 0.3 is 0 Å². The summed E-state index contributed by atoms with van der Waals surface area (Å²) >= 11 is 0. The predicted octanol–water partition coefficient (Wildman–Crippen LogP) is 2.83. The predicted molar refractivity (Wildman–Crippen MR) is 100 cm³/mol. The summed E-state index contributed by atoms with van der Waals surface area (Å²) in [4.78, 5) is 26.5. The average molecular weight is 337 g/mol. The third-order valence-electron chi connectivity index (χ3n) is 4.41. The van der Waals surface area contributed by atoms with Crippen LogP contribution in [-0.4, -0.2) is 30.9 Å². The van der Waals surface area contributed by atoms with E-state index in [0.29, 0.717) is 30.4 Å². The molecule has 1 heterocycles. The van der Waals surface area contributed by atoms with Gasteiger partial charge in [0.2, 0.25) is 5.91 Å². The molecule has 5 nitrogen and oxygen atoms in total. The molecule has 3 rings (SSSR count). The molecule has 130 valence electrons. The van der Waals surface area contributed by atoms with Crippen LogP contribution < -0.4 is 15.5 Å². The van der Waals surface area contributed by atoms with Crippen LogP contribution in [0.4, 0.5) is 11.4 Å². The minimum absolute atomic E-state index is 0.0865. The molecule has 25 heavy (non-hydrogen) atoms. The summed E-state index contributed by atoms with van der Waals surface area (Å²) in [5.41, 5.74) is 3.58. The molecule has 2 aromatic carbocycles. The molecular formula is C20H23N3O2. The van der Waals surface area contributed by atoms with E-state index in [4.69, 9.17) is 0 Å². The van der Waals surface area contributed by atoms with Crippen molar-refractivity contribution < 1.29 is 9.59 Å². The van der Waals surface area contributed by atoms with Crippen molar-refractivity contribution in [3.8, 4) is 0 Å². The molecule has 2 aromatic rings. The highest BCUT2D eigenvalue weighted by molar-refractivity contribution is 5.98. The van der Waals surface area contributed by atoms with Crippen molar-refractivity contribution >= 4 is 23.2 Å². The quantitative estimate of drug-likeness (QED) is 0.882. The summed E-state index contributed by atoms with van der Waals surface area (Å²) in [7, 11) is 0. The standard InChI is InChI=1S/C20H23N3O2/c1-3-21-20(25)16-8-6-9-17(12-16)22-19(24)13-23-14(2)11-15-7-4-5-10-18(15)23/h4-10,12,14H,3,11,13H2,1-2H3,(H,21,25)(H,22,24)/t14-/m0/s1. The number of carbonyl (C=O) groups excluding carboxylic acids is 2. The topological polar surface area (TPSA) is 61.4 Å². The first-order valence-electron chi connectivity index (χ1n) is 8.61. The van der Waals surface area contributed by atoms with Gasteiger partial charge in [-0.25, -0.2) is 0 Å². The van der Waals surface area contributed by atoms with Crippen molar-refractivity contribution in [3.05, 3.63) is 59.7 Å². The second-order valence-corrected chi connectivity index (χ2v) is 6.30. The molecule has 1 atom stereocenters. The van der Waals surface area contributed by atoms with E-state index in [0.717, 1.165) is 12.1 Å².